The largest absolute Gasteiger partial charge is 0.344 e. The van der Waals surface area contributed by atoms with Gasteiger partial charge in [0.15, 0.2) is 0 Å². The van der Waals surface area contributed by atoms with Crippen LogP contribution in [0.25, 0.3) is 11.0 Å². The van der Waals surface area contributed by atoms with Crippen LogP contribution in [0.4, 0.5) is 4.39 Å². The highest BCUT2D eigenvalue weighted by Gasteiger charge is 2.24. The third-order valence-electron chi connectivity index (χ3n) is 4.72. The SMILES string of the molecule is O=S(=O)(c1ccc(F)cc1)c1cn(CCNCc2ccccc2)c2cccnc12. The molecule has 0 radical (unpaired) electrons. The molecular weight excluding hydrogens is 389 g/mol. The van der Waals surface area contributed by atoms with Crippen molar-refractivity contribution in [2.75, 3.05) is 6.54 Å². The molecule has 4 rings (SSSR count). The van der Waals surface area contributed by atoms with E-state index in [4.69, 9.17) is 0 Å². The first-order chi connectivity index (χ1) is 14.1. The Morgan fingerprint density at radius 1 is 0.966 bits per heavy atom. The smallest absolute Gasteiger partial charge is 0.210 e. The van der Waals surface area contributed by atoms with Gasteiger partial charge >= 0.3 is 0 Å². The molecule has 0 aliphatic rings. The molecule has 0 spiro atoms. The van der Waals surface area contributed by atoms with E-state index in [9.17, 15) is 12.8 Å². The lowest BCUT2D eigenvalue weighted by Gasteiger charge is -2.07. The first kappa shape index (κ1) is 19.3. The van der Waals surface area contributed by atoms with Crippen LogP contribution in [0.1, 0.15) is 5.56 Å². The van der Waals surface area contributed by atoms with Crippen LogP contribution in [-0.4, -0.2) is 24.5 Å². The van der Waals surface area contributed by atoms with Gasteiger partial charge in [0.05, 0.1) is 10.4 Å². The van der Waals surface area contributed by atoms with Crippen molar-refractivity contribution in [2.24, 2.45) is 0 Å². The van der Waals surface area contributed by atoms with E-state index >= 15 is 0 Å². The van der Waals surface area contributed by atoms with Gasteiger partial charge in [-0.25, -0.2) is 12.8 Å². The van der Waals surface area contributed by atoms with Gasteiger partial charge < -0.3 is 9.88 Å². The number of rotatable bonds is 7. The van der Waals surface area contributed by atoms with Gasteiger partial charge in [-0.3, -0.25) is 4.98 Å². The fourth-order valence-corrected chi connectivity index (χ4v) is 4.67. The molecule has 4 aromatic rings. The molecule has 0 aliphatic heterocycles. The third-order valence-corrected chi connectivity index (χ3v) is 6.49. The summed E-state index contributed by atoms with van der Waals surface area (Å²) in [6.45, 7) is 2.00. The number of halogens is 1. The molecule has 0 saturated carbocycles. The van der Waals surface area contributed by atoms with Crippen LogP contribution in [0.2, 0.25) is 0 Å². The third kappa shape index (κ3) is 4.06. The van der Waals surface area contributed by atoms with Crippen molar-refractivity contribution >= 4 is 20.9 Å². The van der Waals surface area contributed by atoms with Crippen molar-refractivity contribution in [1.29, 1.82) is 0 Å². The highest BCUT2D eigenvalue weighted by atomic mass is 32.2. The lowest BCUT2D eigenvalue weighted by atomic mass is 10.2. The lowest BCUT2D eigenvalue weighted by molar-refractivity contribution is 0.591. The Balaban J connectivity index is 1.59. The molecule has 5 nitrogen and oxygen atoms in total. The quantitative estimate of drug-likeness (QED) is 0.373. The molecular formula is C22H20FN3O2S. The minimum absolute atomic E-state index is 0.0470. The zero-order valence-corrected chi connectivity index (χ0v) is 16.4. The van der Waals surface area contributed by atoms with E-state index in [0.29, 0.717) is 18.6 Å². The van der Waals surface area contributed by atoms with Gasteiger partial charge in [0, 0.05) is 32.0 Å². The molecule has 0 fully saturated rings. The number of sulfone groups is 1. The molecule has 0 amide bonds. The predicted octanol–water partition coefficient (Wildman–Crippen LogP) is 3.80. The summed E-state index contributed by atoms with van der Waals surface area (Å²) in [6, 6.07) is 18.5. The highest BCUT2D eigenvalue weighted by Crippen LogP contribution is 2.28. The first-order valence-corrected chi connectivity index (χ1v) is 10.7. The van der Waals surface area contributed by atoms with E-state index in [0.717, 1.165) is 24.2 Å². The van der Waals surface area contributed by atoms with Gasteiger partial charge in [-0.15, -0.1) is 0 Å². The van der Waals surface area contributed by atoms with Crippen LogP contribution in [0.3, 0.4) is 0 Å². The molecule has 0 atom stereocenters. The van der Waals surface area contributed by atoms with Crippen LogP contribution in [0.5, 0.6) is 0 Å². The highest BCUT2D eigenvalue weighted by molar-refractivity contribution is 7.91. The zero-order chi connectivity index (χ0) is 20.3. The average Bonchev–Trinajstić information content (AvgIpc) is 3.12. The number of hydrogen-bond donors (Lipinski definition) is 1. The Bertz CT molecular complexity index is 1220. The summed E-state index contributed by atoms with van der Waals surface area (Å²) in [6.07, 6.45) is 3.19. The second kappa shape index (κ2) is 8.14. The summed E-state index contributed by atoms with van der Waals surface area (Å²) in [4.78, 5) is 4.47. The second-order valence-electron chi connectivity index (χ2n) is 6.68. The summed E-state index contributed by atoms with van der Waals surface area (Å²) in [5.41, 5.74) is 2.35. The molecule has 2 aromatic carbocycles. The fourth-order valence-electron chi connectivity index (χ4n) is 3.24. The van der Waals surface area contributed by atoms with Crippen LogP contribution in [0, 0.1) is 5.82 Å². The van der Waals surface area contributed by atoms with Crippen LogP contribution in [-0.2, 0) is 22.9 Å². The number of hydrogen-bond acceptors (Lipinski definition) is 4. The van der Waals surface area contributed by atoms with Crippen molar-refractivity contribution < 1.29 is 12.8 Å². The van der Waals surface area contributed by atoms with Gasteiger partial charge in [-0.05, 0) is 42.0 Å². The number of pyridine rings is 1. The van der Waals surface area contributed by atoms with E-state index in [1.807, 2.05) is 28.8 Å². The second-order valence-corrected chi connectivity index (χ2v) is 8.60. The van der Waals surface area contributed by atoms with Gasteiger partial charge in [0.1, 0.15) is 16.2 Å². The lowest BCUT2D eigenvalue weighted by Crippen LogP contribution is -2.19. The van der Waals surface area contributed by atoms with Crippen molar-refractivity contribution in [3.05, 3.63) is 90.5 Å². The molecule has 29 heavy (non-hydrogen) atoms. The van der Waals surface area contributed by atoms with Gasteiger partial charge in [-0.1, -0.05) is 30.3 Å². The maximum Gasteiger partial charge on any atom is 0.210 e. The minimum Gasteiger partial charge on any atom is -0.344 e. The Labute approximate surface area is 168 Å². The van der Waals surface area contributed by atoms with E-state index in [1.165, 1.54) is 17.7 Å². The molecule has 148 valence electrons. The van der Waals surface area contributed by atoms with Crippen molar-refractivity contribution in [1.82, 2.24) is 14.9 Å². The monoisotopic (exact) mass is 409 g/mol. The summed E-state index contributed by atoms with van der Waals surface area (Å²) in [5, 5.41) is 3.37. The molecule has 2 heterocycles. The van der Waals surface area contributed by atoms with Crippen molar-refractivity contribution in [2.45, 2.75) is 22.9 Å². The number of fused-ring (bicyclic) bond motifs is 1. The van der Waals surface area contributed by atoms with Gasteiger partial charge in [0.25, 0.3) is 0 Å². The molecule has 0 aliphatic carbocycles. The molecule has 0 bridgehead atoms. The average molecular weight is 409 g/mol. The summed E-state index contributed by atoms with van der Waals surface area (Å²) in [7, 11) is -3.81. The van der Waals surface area contributed by atoms with Crippen molar-refractivity contribution in [3.63, 3.8) is 0 Å². The number of benzene rings is 2. The maximum atomic E-state index is 13.2. The summed E-state index contributed by atoms with van der Waals surface area (Å²) >= 11 is 0. The Morgan fingerprint density at radius 2 is 1.72 bits per heavy atom. The van der Waals surface area contributed by atoms with Crippen LogP contribution < -0.4 is 5.32 Å². The molecule has 7 heteroatoms. The van der Waals surface area contributed by atoms with E-state index < -0.39 is 15.7 Å². The summed E-state index contributed by atoms with van der Waals surface area (Å²) < 4.78 is 41.3. The number of nitrogens with one attached hydrogen (secondary N) is 1. The minimum atomic E-state index is -3.81. The fraction of sp³-hybridized carbons (Fsp3) is 0.136. The van der Waals surface area contributed by atoms with Crippen LogP contribution >= 0.6 is 0 Å². The number of aromatic nitrogens is 2. The van der Waals surface area contributed by atoms with Crippen LogP contribution in [0.15, 0.2) is 88.9 Å². The normalized spacial score (nSPS) is 11.8. The topological polar surface area (TPSA) is 64.0 Å². The van der Waals surface area contributed by atoms with Crippen molar-refractivity contribution in [3.8, 4) is 0 Å². The predicted molar refractivity (Wildman–Crippen MR) is 110 cm³/mol. The first-order valence-electron chi connectivity index (χ1n) is 9.25. The Kier molecular flexibility index (Phi) is 5.42. The van der Waals surface area contributed by atoms with E-state index in [-0.39, 0.29) is 9.79 Å². The molecule has 0 unspecified atom stereocenters. The molecule has 0 saturated heterocycles. The van der Waals surface area contributed by atoms with Gasteiger partial charge in [-0.2, -0.15) is 0 Å². The summed E-state index contributed by atoms with van der Waals surface area (Å²) in [5.74, 6) is -0.478. The molecule has 2 aromatic heterocycles. The maximum absolute atomic E-state index is 13.2. The Morgan fingerprint density at radius 3 is 2.48 bits per heavy atom. The Hall–Kier alpha value is -3.03. The van der Waals surface area contributed by atoms with Gasteiger partial charge in [0.2, 0.25) is 9.84 Å². The standard InChI is InChI=1S/C22H20FN3O2S/c23-18-8-10-19(11-9-18)29(27,28)21-16-26(20-7-4-12-25-22(20)21)14-13-24-15-17-5-2-1-3-6-17/h1-12,16,24H,13-15H2. The number of nitrogens with zero attached hydrogens (tertiary/aromatic N) is 2. The zero-order valence-electron chi connectivity index (χ0n) is 15.6. The van der Waals surface area contributed by atoms with E-state index in [1.54, 1.807) is 18.5 Å². The van der Waals surface area contributed by atoms with E-state index in [2.05, 4.69) is 22.4 Å². The molecule has 1 N–H and O–H groups in total.